The molecule has 0 radical (unpaired) electrons. The van der Waals surface area contributed by atoms with Gasteiger partial charge in [0.25, 0.3) is 0 Å². The van der Waals surface area contributed by atoms with Gasteiger partial charge in [0.1, 0.15) is 16.0 Å². The highest BCUT2D eigenvalue weighted by Crippen LogP contribution is 2.29. The number of carboxylic acid groups (broad SMARTS) is 1. The minimum atomic E-state index is -0.986. The van der Waals surface area contributed by atoms with Gasteiger partial charge in [0.2, 0.25) is 0 Å². The Morgan fingerprint density at radius 3 is 2.70 bits per heavy atom. The molecule has 0 atom stereocenters. The van der Waals surface area contributed by atoms with Gasteiger partial charge in [-0.1, -0.05) is 12.0 Å². The van der Waals surface area contributed by atoms with E-state index >= 15 is 0 Å². The first kappa shape index (κ1) is 13.8. The Kier molecular flexibility index (Phi) is 3.84. The fourth-order valence-electron chi connectivity index (χ4n) is 1.73. The molecule has 0 amide bonds. The third kappa shape index (κ3) is 2.54. The Labute approximate surface area is 120 Å². The lowest BCUT2D eigenvalue weighted by molar-refractivity contribution is 0.0701. The number of nitriles is 1. The monoisotopic (exact) mass is 282 g/mol. The molecule has 0 bridgehead atoms. The Morgan fingerprint density at radius 1 is 1.40 bits per heavy atom. The van der Waals surface area contributed by atoms with Crippen LogP contribution in [0.15, 0.2) is 18.2 Å². The lowest BCUT2D eigenvalue weighted by Gasteiger charge is -1.99. The van der Waals surface area contributed by atoms with Crippen LogP contribution in [0.25, 0.3) is 10.6 Å². The van der Waals surface area contributed by atoms with E-state index in [0.29, 0.717) is 21.8 Å². The molecule has 0 aliphatic rings. The van der Waals surface area contributed by atoms with Crippen LogP contribution in [0.1, 0.15) is 33.4 Å². The third-order valence-corrected chi connectivity index (χ3v) is 3.83. The number of hydrogen-bond donors (Lipinski definition) is 1. The topological polar surface area (TPSA) is 74.0 Å². The van der Waals surface area contributed by atoms with Crippen molar-refractivity contribution < 1.29 is 9.90 Å². The van der Waals surface area contributed by atoms with Crippen LogP contribution in [0.5, 0.6) is 0 Å². The summed E-state index contributed by atoms with van der Waals surface area (Å²) in [6.45, 7) is 3.37. The predicted octanol–water partition coefficient (Wildman–Crippen LogP) is 3.06. The van der Waals surface area contributed by atoms with Crippen molar-refractivity contribution in [3.63, 3.8) is 0 Å². The summed E-state index contributed by atoms with van der Waals surface area (Å²) < 4.78 is 0. The quantitative estimate of drug-likeness (QED) is 0.859. The highest BCUT2D eigenvalue weighted by Gasteiger charge is 2.15. The Bertz CT molecular complexity index is 788. The standard InChI is InChI=1S/C15H10N2O2S/c1-3-4-10-5-6-11(7-12(10)8-16)14-17-9(2)13(20-14)15(18)19/h5-7H,1-2H3,(H,18,19). The maximum absolute atomic E-state index is 11.0. The minimum Gasteiger partial charge on any atom is -0.477 e. The average Bonchev–Trinajstić information content (AvgIpc) is 2.82. The average molecular weight is 282 g/mol. The van der Waals surface area contributed by atoms with Gasteiger partial charge in [-0.3, -0.25) is 0 Å². The highest BCUT2D eigenvalue weighted by molar-refractivity contribution is 7.17. The Morgan fingerprint density at radius 2 is 2.15 bits per heavy atom. The molecule has 5 heteroatoms. The van der Waals surface area contributed by atoms with E-state index in [-0.39, 0.29) is 4.88 Å². The largest absolute Gasteiger partial charge is 0.477 e. The van der Waals surface area contributed by atoms with E-state index in [1.165, 1.54) is 0 Å². The molecule has 4 nitrogen and oxygen atoms in total. The van der Waals surface area contributed by atoms with Gasteiger partial charge in [-0.05, 0) is 26.0 Å². The van der Waals surface area contributed by atoms with Crippen molar-refractivity contribution in [2.75, 3.05) is 0 Å². The molecule has 20 heavy (non-hydrogen) atoms. The van der Waals surface area contributed by atoms with Gasteiger partial charge < -0.3 is 5.11 Å². The van der Waals surface area contributed by atoms with Gasteiger partial charge in [0.05, 0.1) is 11.3 Å². The summed E-state index contributed by atoms with van der Waals surface area (Å²) in [5.41, 5.74) is 2.32. The summed E-state index contributed by atoms with van der Waals surface area (Å²) in [4.78, 5) is 15.5. The van der Waals surface area contributed by atoms with E-state index in [9.17, 15) is 4.79 Å². The number of thiazole rings is 1. The molecule has 1 heterocycles. The summed E-state index contributed by atoms with van der Waals surface area (Å²) in [6, 6.07) is 7.32. The number of aromatic nitrogens is 1. The van der Waals surface area contributed by atoms with Crippen molar-refractivity contribution in [3.8, 4) is 28.5 Å². The second-order valence-corrected chi connectivity index (χ2v) is 4.98. The van der Waals surface area contributed by atoms with E-state index in [1.807, 2.05) is 0 Å². The zero-order valence-corrected chi connectivity index (χ0v) is 11.7. The summed E-state index contributed by atoms with van der Waals surface area (Å²) in [6.07, 6.45) is 0. The van der Waals surface area contributed by atoms with Crippen molar-refractivity contribution in [1.29, 1.82) is 5.26 Å². The molecule has 0 fully saturated rings. The molecular formula is C15H10N2O2S. The Balaban J connectivity index is 2.53. The summed E-state index contributed by atoms with van der Waals surface area (Å²) in [7, 11) is 0. The smallest absolute Gasteiger partial charge is 0.347 e. The second-order valence-electron chi connectivity index (χ2n) is 3.99. The van der Waals surface area contributed by atoms with Gasteiger partial charge in [-0.15, -0.1) is 17.3 Å². The number of aryl methyl sites for hydroxylation is 1. The maximum atomic E-state index is 11.0. The predicted molar refractivity (Wildman–Crippen MR) is 76.5 cm³/mol. The highest BCUT2D eigenvalue weighted by atomic mass is 32.1. The van der Waals surface area contributed by atoms with Crippen LogP contribution >= 0.6 is 11.3 Å². The molecule has 0 saturated heterocycles. The van der Waals surface area contributed by atoms with E-state index in [4.69, 9.17) is 10.4 Å². The fraction of sp³-hybridized carbons (Fsp3) is 0.133. The van der Waals surface area contributed by atoms with E-state index in [1.54, 1.807) is 32.0 Å². The first-order valence-electron chi connectivity index (χ1n) is 5.74. The van der Waals surface area contributed by atoms with E-state index in [2.05, 4.69) is 22.9 Å². The van der Waals surface area contributed by atoms with E-state index < -0.39 is 5.97 Å². The van der Waals surface area contributed by atoms with Crippen molar-refractivity contribution in [3.05, 3.63) is 39.9 Å². The van der Waals surface area contributed by atoms with Crippen molar-refractivity contribution >= 4 is 17.3 Å². The summed E-state index contributed by atoms with van der Waals surface area (Å²) in [5, 5.41) is 18.8. The first-order valence-corrected chi connectivity index (χ1v) is 6.56. The number of carboxylic acids is 1. The third-order valence-electron chi connectivity index (χ3n) is 2.64. The van der Waals surface area contributed by atoms with Crippen LogP contribution < -0.4 is 0 Å². The van der Waals surface area contributed by atoms with Crippen LogP contribution in [-0.2, 0) is 0 Å². The van der Waals surface area contributed by atoms with Crippen LogP contribution in [0.4, 0.5) is 0 Å². The van der Waals surface area contributed by atoms with Crippen molar-refractivity contribution in [1.82, 2.24) is 4.98 Å². The van der Waals surface area contributed by atoms with Gasteiger partial charge >= 0.3 is 5.97 Å². The SMILES string of the molecule is CC#Cc1ccc(-c2nc(C)c(C(=O)O)s2)cc1C#N. The molecule has 1 aromatic carbocycles. The van der Waals surface area contributed by atoms with Crippen LogP contribution in [0.3, 0.4) is 0 Å². The molecule has 2 aromatic rings. The summed E-state index contributed by atoms with van der Waals surface area (Å²) in [5.74, 6) is 4.63. The zero-order valence-electron chi connectivity index (χ0n) is 10.9. The lowest BCUT2D eigenvalue weighted by atomic mass is 10.1. The number of nitrogens with zero attached hydrogens (tertiary/aromatic N) is 2. The molecule has 1 aromatic heterocycles. The van der Waals surface area contributed by atoms with E-state index in [0.717, 1.165) is 16.9 Å². The Hall–Kier alpha value is -2.63. The molecule has 1 N–H and O–H groups in total. The molecule has 0 aliphatic carbocycles. The van der Waals surface area contributed by atoms with Crippen LogP contribution in [0.2, 0.25) is 0 Å². The maximum Gasteiger partial charge on any atom is 0.347 e. The van der Waals surface area contributed by atoms with Gasteiger partial charge in [0.15, 0.2) is 0 Å². The van der Waals surface area contributed by atoms with Gasteiger partial charge in [-0.25, -0.2) is 9.78 Å². The lowest BCUT2D eigenvalue weighted by Crippen LogP contribution is -1.94. The van der Waals surface area contributed by atoms with Crippen LogP contribution in [0, 0.1) is 30.1 Å². The van der Waals surface area contributed by atoms with Crippen molar-refractivity contribution in [2.24, 2.45) is 0 Å². The second kappa shape index (κ2) is 5.56. The number of rotatable bonds is 2. The number of carbonyl (C=O) groups is 1. The molecule has 98 valence electrons. The molecule has 0 saturated carbocycles. The molecule has 0 aliphatic heterocycles. The molecule has 0 spiro atoms. The number of aromatic carboxylic acids is 1. The van der Waals surface area contributed by atoms with Crippen molar-refractivity contribution in [2.45, 2.75) is 13.8 Å². The molecule has 2 rings (SSSR count). The normalized spacial score (nSPS) is 9.45. The zero-order chi connectivity index (χ0) is 14.7. The van der Waals surface area contributed by atoms with Crippen LogP contribution in [-0.4, -0.2) is 16.1 Å². The minimum absolute atomic E-state index is 0.218. The summed E-state index contributed by atoms with van der Waals surface area (Å²) >= 11 is 1.10. The molecule has 0 unspecified atom stereocenters. The fourth-order valence-corrected chi connectivity index (χ4v) is 2.63. The number of hydrogen-bond acceptors (Lipinski definition) is 4. The van der Waals surface area contributed by atoms with Gasteiger partial charge in [-0.2, -0.15) is 5.26 Å². The molecular weight excluding hydrogens is 272 g/mol. The first-order chi connectivity index (χ1) is 9.56. The van der Waals surface area contributed by atoms with Gasteiger partial charge in [0, 0.05) is 11.1 Å². The number of benzene rings is 1.